The van der Waals surface area contributed by atoms with Crippen LogP contribution in [0.15, 0.2) is 40.7 Å². The van der Waals surface area contributed by atoms with Crippen molar-refractivity contribution in [2.45, 2.75) is 0 Å². The molecule has 0 saturated carbocycles. The first kappa shape index (κ1) is 9.19. The molecule has 0 saturated heterocycles. The first-order valence-electron chi connectivity index (χ1n) is 3.11. The van der Waals surface area contributed by atoms with Gasteiger partial charge in [-0.1, -0.05) is 0 Å². The molecule has 0 nitrogen and oxygen atoms in total. The van der Waals surface area contributed by atoms with Crippen LogP contribution in [-0.2, 0) is 0 Å². The molecule has 0 spiro atoms. The van der Waals surface area contributed by atoms with Crippen molar-refractivity contribution in [3.8, 4) is 0 Å². The normalized spacial score (nSPS) is 13.6. The molecule has 3 heteroatoms. The van der Waals surface area contributed by atoms with Crippen molar-refractivity contribution in [3.05, 3.63) is 40.7 Å². The molecule has 0 bridgehead atoms. The van der Waals surface area contributed by atoms with Crippen molar-refractivity contribution in [2.75, 3.05) is 0 Å². The Morgan fingerprint density at radius 2 is 1.82 bits per heavy atom. The van der Waals surface area contributed by atoms with E-state index in [9.17, 15) is 0 Å². The fraction of sp³-hybridized carbons (Fsp3) is 0. The van der Waals surface area contributed by atoms with Crippen molar-refractivity contribution in [3.63, 3.8) is 0 Å². The number of hydrogen-bond donors (Lipinski definition) is 0. The molecule has 0 fully saturated rings. The molecule has 0 amide bonds. The maximum absolute atomic E-state index is 6.08. The number of rotatable bonds is 2. The zero-order valence-corrected chi connectivity index (χ0v) is 9.13. The Balaban J connectivity index is 2.76. The minimum atomic E-state index is -1.46. The molecule has 1 unspecified atom stereocenters. The summed E-state index contributed by atoms with van der Waals surface area (Å²) in [6.07, 6.45) is 0. The van der Waals surface area contributed by atoms with Gasteiger partial charge >= 0.3 is 80.3 Å². The van der Waals surface area contributed by atoms with Gasteiger partial charge in [0.05, 0.1) is 0 Å². The number of halogens is 2. The van der Waals surface area contributed by atoms with Gasteiger partial charge in [-0.15, -0.1) is 0 Å². The van der Waals surface area contributed by atoms with Gasteiger partial charge in [0.1, 0.15) is 0 Å². The summed E-state index contributed by atoms with van der Waals surface area (Å²) in [5.41, 5.74) is 1.50. The summed E-state index contributed by atoms with van der Waals surface area (Å²) in [6.45, 7) is 0. The molecule has 0 aliphatic carbocycles. The van der Waals surface area contributed by atoms with E-state index in [0.717, 1.165) is 0 Å². The Kier molecular flexibility index (Phi) is 4.07. The molecule has 1 aromatic rings. The molecule has 0 heterocycles. The van der Waals surface area contributed by atoms with Crippen LogP contribution in [0.5, 0.6) is 0 Å². The molecule has 1 rings (SSSR count). The number of benzene rings is 1. The molecule has 11 heavy (non-hydrogen) atoms. The van der Waals surface area contributed by atoms with Crippen LogP contribution in [0.25, 0.3) is 0 Å². The average molecular weight is 249 g/mol. The van der Waals surface area contributed by atoms with Gasteiger partial charge in [-0.2, -0.15) is 0 Å². The first-order chi connectivity index (χ1) is 5.34. The Bertz CT molecular complexity index is 233. The van der Waals surface area contributed by atoms with Crippen LogP contribution >= 0.6 is 21.6 Å². The van der Waals surface area contributed by atoms with Crippen molar-refractivity contribution in [1.82, 2.24) is 0 Å². The van der Waals surface area contributed by atoms with E-state index < -0.39 is 13.7 Å². The van der Waals surface area contributed by atoms with Crippen LogP contribution in [0.4, 0.5) is 0 Å². The average Bonchev–Trinajstić information content (AvgIpc) is 2.07. The van der Waals surface area contributed by atoms with Crippen molar-refractivity contribution in [1.29, 1.82) is 0 Å². The van der Waals surface area contributed by atoms with Crippen molar-refractivity contribution < 1.29 is 0 Å². The van der Waals surface area contributed by atoms with E-state index in [2.05, 4.69) is 0 Å². The second-order valence-corrected chi connectivity index (χ2v) is 7.08. The Morgan fingerprint density at radius 3 is 2.36 bits per heavy atom. The predicted octanol–water partition coefficient (Wildman–Crippen LogP) is 2.42. The van der Waals surface area contributed by atoms with E-state index in [0.29, 0.717) is 0 Å². The van der Waals surface area contributed by atoms with Gasteiger partial charge in [0.25, 0.3) is 0 Å². The molecule has 0 aromatic heterocycles. The first-order valence-corrected chi connectivity index (χ1v) is 8.04. The van der Waals surface area contributed by atoms with Crippen molar-refractivity contribution >= 4 is 39.6 Å². The second-order valence-electron chi connectivity index (χ2n) is 1.92. The van der Waals surface area contributed by atoms with Gasteiger partial charge in [0, 0.05) is 0 Å². The topological polar surface area (TPSA) is 0 Å². The third-order valence-corrected chi connectivity index (χ3v) is 5.82. The number of hydrogen-bond acceptors (Lipinski definition) is 0. The zero-order chi connectivity index (χ0) is 8.10. The molecule has 1 atom stereocenters. The SMILES string of the molecule is ClC=C[As](Cl)c1ccccc1. The molecule has 0 radical (unpaired) electrons. The summed E-state index contributed by atoms with van der Waals surface area (Å²) < 4.78 is 1.21. The van der Waals surface area contributed by atoms with Crippen LogP contribution < -0.4 is 4.35 Å². The maximum atomic E-state index is 6.08. The quantitative estimate of drug-likeness (QED) is 0.706. The van der Waals surface area contributed by atoms with E-state index in [-0.39, 0.29) is 0 Å². The monoisotopic (exact) mass is 248 g/mol. The molecular weight excluding hydrogens is 242 g/mol. The van der Waals surface area contributed by atoms with E-state index in [1.807, 2.05) is 35.2 Å². The fourth-order valence-electron chi connectivity index (χ4n) is 0.706. The fourth-order valence-corrected chi connectivity index (χ4v) is 4.00. The zero-order valence-electron chi connectivity index (χ0n) is 5.74. The summed E-state index contributed by atoms with van der Waals surface area (Å²) in [6, 6.07) is 10.0. The van der Waals surface area contributed by atoms with Gasteiger partial charge < -0.3 is 0 Å². The van der Waals surface area contributed by atoms with Crippen LogP contribution in [0.2, 0.25) is 0 Å². The van der Waals surface area contributed by atoms with E-state index >= 15 is 0 Å². The Hall–Kier alpha value is 0.0984. The van der Waals surface area contributed by atoms with Gasteiger partial charge in [0.15, 0.2) is 0 Å². The van der Waals surface area contributed by atoms with E-state index in [4.69, 9.17) is 21.6 Å². The van der Waals surface area contributed by atoms with Crippen LogP contribution in [0.1, 0.15) is 0 Å². The second kappa shape index (κ2) is 4.87. The minimum absolute atomic E-state index is 1.21. The van der Waals surface area contributed by atoms with Crippen LogP contribution in [0.3, 0.4) is 0 Å². The van der Waals surface area contributed by atoms with Gasteiger partial charge in [-0.25, -0.2) is 0 Å². The summed E-state index contributed by atoms with van der Waals surface area (Å²) in [5, 5.41) is 0. The Morgan fingerprint density at radius 1 is 1.18 bits per heavy atom. The molecule has 1 aromatic carbocycles. The molecular formula is C8H7AsCl2. The Labute approximate surface area is 80.2 Å². The van der Waals surface area contributed by atoms with Gasteiger partial charge in [-0.3, -0.25) is 0 Å². The molecule has 0 aliphatic heterocycles. The predicted molar refractivity (Wildman–Crippen MR) is 52.7 cm³/mol. The van der Waals surface area contributed by atoms with Gasteiger partial charge in [0.2, 0.25) is 0 Å². The van der Waals surface area contributed by atoms with E-state index in [1.54, 1.807) is 0 Å². The van der Waals surface area contributed by atoms with Crippen LogP contribution in [0, 0.1) is 0 Å². The third-order valence-electron chi connectivity index (χ3n) is 1.19. The van der Waals surface area contributed by atoms with Crippen LogP contribution in [-0.4, -0.2) is 13.7 Å². The van der Waals surface area contributed by atoms with Crippen molar-refractivity contribution in [2.24, 2.45) is 0 Å². The van der Waals surface area contributed by atoms with E-state index in [1.165, 1.54) is 9.89 Å². The summed E-state index contributed by atoms with van der Waals surface area (Å²) in [5.74, 6) is 0. The molecule has 58 valence electrons. The third kappa shape index (κ3) is 2.91. The molecule has 0 N–H and O–H groups in total. The molecule has 0 aliphatic rings. The summed E-state index contributed by atoms with van der Waals surface area (Å²) >= 11 is 3.95. The standard InChI is InChI=1S/C8H7AsCl2/c10-7-6-9(11)8-4-2-1-3-5-8/h1-7H. The summed E-state index contributed by atoms with van der Waals surface area (Å²) in [4.78, 5) is 1.88. The van der Waals surface area contributed by atoms with Gasteiger partial charge in [-0.05, 0) is 0 Å². The summed E-state index contributed by atoms with van der Waals surface area (Å²) in [7, 11) is 6.08.